The monoisotopic (exact) mass is 223 g/mol. The highest BCUT2D eigenvalue weighted by Crippen LogP contribution is 2.31. The van der Waals surface area contributed by atoms with Crippen LogP contribution in [0, 0.1) is 5.92 Å². The van der Waals surface area contributed by atoms with Crippen molar-refractivity contribution < 1.29 is 4.79 Å². The zero-order valence-corrected chi connectivity index (χ0v) is 9.93. The van der Waals surface area contributed by atoms with E-state index in [1.165, 1.54) is 24.3 Å². The van der Waals surface area contributed by atoms with Gasteiger partial charge in [0.15, 0.2) is 6.29 Å². The molecule has 0 amide bonds. The molecule has 1 heterocycles. The first-order valence-corrected chi connectivity index (χ1v) is 6.45. The number of carbonyl (C=O) groups is 1. The van der Waals surface area contributed by atoms with Gasteiger partial charge in [-0.1, -0.05) is 6.42 Å². The summed E-state index contributed by atoms with van der Waals surface area (Å²) in [5.74, 6) is 0.881. The van der Waals surface area contributed by atoms with Crippen molar-refractivity contribution >= 4 is 22.6 Å². The quantitative estimate of drug-likeness (QED) is 0.714. The smallest absolute Gasteiger partial charge is 0.160 e. The van der Waals surface area contributed by atoms with Gasteiger partial charge in [-0.2, -0.15) is 0 Å². The molecule has 15 heavy (non-hydrogen) atoms. The predicted molar refractivity (Wildman–Crippen MR) is 64.9 cm³/mol. The van der Waals surface area contributed by atoms with Crippen LogP contribution in [-0.4, -0.2) is 19.4 Å². The van der Waals surface area contributed by atoms with Gasteiger partial charge in [-0.15, -0.1) is 11.3 Å². The van der Waals surface area contributed by atoms with E-state index in [1.807, 2.05) is 6.07 Å². The van der Waals surface area contributed by atoms with Gasteiger partial charge in [0.1, 0.15) is 0 Å². The Kier molecular flexibility index (Phi) is 3.41. The largest absolute Gasteiger partial charge is 0.363 e. The fraction of sp³-hybridized carbons (Fsp3) is 0.583. The Hall–Kier alpha value is -0.830. The van der Waals surface area contributed by atoms with Crippen LogP contribution in [0.5, 0.6) is 0 Å². The Morgan fingerprint density at radius 2 is 2.33 bits per heavy atom. The van der Waals surface area contributed by atoms with E-state index in [0.29, 0.717) is 0 Å². The van der Waals surface area contributed by atoms with Crippen LogP contribution < -0.4 is 4.90 Å². The van der Waals surface area contributed by atoms with Gasteiger partial charge in [0.25, 0.3) is 0 Å². The first-order chi connectivity index (χ1) is 7.33. The third kappa shape index (κ3) is 2.40. The van der Waals surface area contributed by atoms with Crippen molar-refractivity contribution in [2.75, 3.05) is 18.0 Å². The molecule has 1 aromatic heterocycles. The molecule has 0 aliphatic heterocycles. The van der Waals surface area contributed by atoms with Crippen LogP contribution >= 0.6 is 11.3 Å². The topological polar surface area (TPSA) is 20.3 Å². The standard InChI is InChI=1S/C12H17NOS/c1-2-13(8-10-4-3-5-10)12-7-6-11(9-14)15-12/h6-7,9-10H,2-5,8H2,1H3. The van der Waals surface area contributed by atoms with E-state index >= 15 is 0 Å². The van der Waals surface area contributed by atoms with Gasteiger partial charge in [-0.05, 0) is 37.8 Å². The molecule has 0 bridgehead atoms. The lowest BCUT2D eigenvalue weighted by atomic mass is 9.85. The van der Waals surface area contributed by atoms with Crippen LogP contribution in [0.4, 0.5) is 5.00 Å². The maximum atomic E-state index is 10.6. The average Bonchev–Trinajstić information content (AvgIpc) is 2.65. The van der Waals surface area contributed by atoms with Crippen LogP contribution in [0.1, 0.15) is 35.9 Å². The number of hydrogen-bond acceptors (Lipinski definition) is 3. The highest BCUT2D eigenvalue weighted by atomic mass is 32.1. The van der Waals surface area contributed by atoms with Crippen LogP contribution in [-0.2, 0) is 0 Å². The first-order valence-electron chi connectivity index (χ1n) is 5.63. The van der Waals surface area contributed by atoms with E-state index in [1.54, 1.807) is 11.3 Å². The molecular weight excluding hydrogens is 206 g/mol. The highest BCUT2D eigenvalue weighted by Gasteiger charge is 2.20. The summed E-state index contributed by atoms with van der Waals surface area (Å²) in [5.41, 5.74) is 0. The molecule has 0 N–H and O–H groups in total. The molecule has 3 heteroatoms. The highest BCUT2D eigenvalue weighted by molar-refractivity contribution is 7.17. The van der Waals surface area contributed by atoms with Crippen molar-refractivity contribution in [3.63, 3.8) is 0 Å². The molecule has 82 valence electrons. The summed E-state index contributed by atoms with van der Waals surface area (Å²) in [5, 5.41) is 1.24. The average molecular weight is 223 g/mol. The van der Waals surface area contributed by atoms with Gasteiger partial charge < -0.3 is 4.90 Å². The Morgan fingerprint density at radius 1 is 1.53 bits per heavy atom. The molecule has 1 aromatic rings. The van der Waals surface area contributed by atoms with Gasteiger partial charge in [-0.3, -0.25) is 4.79 Å². The Morgan fingerprint density at radius 3 is 2.80 bits per heavy atom. The van der Waals surface area contributed by atoms with Crippen molar-refractivity contribution in [2.24, 2.45) is 5.92 Å². The number of rotatable bonds is 5. The molecule has 2 nitrogen and oxygen atoms in total. The number of hydrogen-bond donors (Lipinski definition) is 0. The number of aldehydes is 1. The maximum absolute atomic E-state index is 10.6. The number of nitrogens with zero attached hydrogens (tertiary/aromatic N) is 1. The minimum Gasteiger partial charge on any atom is -0.363 e. The third-order valence-electron chi connectivity index (χ3n) is 3.13. The second-order valence-corrected chi connectivity index (χ2v) is 5.22. The lowest BCUT2D eigenvalue weighted by Crippen LogP contribution is -2.31. The zero-order valence-electron chi connectivity index (χ0n) is 9.11. The predicted octanol–water partition coefficient (Wildman–Crippen LogP) is 3.19. The van der Waals surface area contributed by atoms with Crippen molar-refractivity contribution in [1.29, 1.82) is 0 Å². The second kappa shape index (κ2) is 4.79. The SMILES string of the molecule is CCN(CC1CCC1)c1ccc(C=O)s1. The molecule has 0 radical (unpaired) electrons. The van der Waals surface area contributed by atoms with Gasteiger partial charge in [0, 0.05) is 13.1 Å². The normalized spacial score (nSPS) is 16.1. The molecule has 1 aliphatic rings. The van der Waals surface area contributed by atoms with E-state index in [0.717, 1.165) is 30.2 Å². The van der Waals surface area contributed by atoms with Crippen molar-refractivity contribution in [3.8, 4) is 0 Å². The summed E-state index contributed by atoms with van der Waals surface area (Å²) >= 11 is 1.60. The van der Waals surface area contributed by atoms with Gasteiger partial charge in [-0.25, -0.2) is 0 Å². The summed E-state index contributed by atoms with van der Waals surface area (Å²) in [6.45, 7) is 4.38. The van der Waals surface area contributed by atoms with Crippen molar-refractivity contribution in [1.82, 2.24) is 0 Å². The number of thiophene rings is 1. The minimum absolute atomic E-state index is 0.831. The third-order valence-corrected chi connectivity index (χ3v) is 4.20. The van der Waals surface area contributed by atoms with Crippen LogP contribution in [0.2, 0.25) is 0 Å². The lowest BCUT2D eigenvalue weighted by molar-refractivity contribution is 0.112. The Labute approximate surface area is 94.9 Å². The first kappa shape index (κ1) is 10.7. The molecule has 1 aliphatic carbocycles. The van der Waals surface area contributed by atoms with Gasteiger partial charge in [0.05, 0.1) is 9.88 Å². The Bertz CT molecular complexity index is 330. The maximum Gasteiger partial charge on any atom is 0.160 e. The van der Waals surface area contributed by atoms with Gasteiger partial charge in [0.2, 0.25) is 0 Å². The molecule has 0 spiro atoms. The second-order valence-electron chi connectivity index (χ2n) is 4.13. The molecular formula is C12H17NOS. The van der Waals surface area contributed by atoms with Crippen LogP contribution in [0.25, 0.3) is 0 Å². The van der Waals surface area contributed by atoms with Crippen molar-refractivity contribution in [2.45, 2.75) is 26.2 Å². The van der Waals surface area contributed by atoms with Crippen LogP contribution in [0.15, 0.2) is 12.1 Å². The summed E-state index contributed by atoms with van der Waals surface area (Å²) in [6.07, 6.45) is 5.09. The summed E-state index contributed by atoms with van der Waals surface area (Å²) < 4.78 is 0. The fourth-order valence-electron chi connectivity index (χ4n) is 1.94. The van der Waals surface area contributed by atoms with Crippen molar-refractivity contribution in [3.05, 3.63) is 17.0 Å². The van der Waals surface area contributed by atoms with E-state index in [2.05, 4.69) is 17.9 Å². The van der Waals surface area contributed by atoms with Gasteiger partial charge >= 0.3 is 0 Å². The molecule has 1 fully saturated rings. The van der Waals surface area contributed by atoms with E-state index in [9.17, 15) is 4.79 Å². The minimum atomic E-state index is 0.831. The molecule has 0 aromatic carbocycles. The van der Waals surface area contributed by atoms with E-state index in [-0.39, 0.29) is 0 Å². The molecule has 0 saturated heterocycles. The fourth-order valence-corrected chi connectivity index (χ4v) is 2.83. The summed E-state index contributed by atoms with van der Waals surface area (Å²) in [4.78, 5) is 13.8. The summed E-state index contributed by atoms with van der Waals surface area (Å²) in [7, 11) is 0. The van der Waals surface area contributed by atoms with E-state index in [4.69, 9.17) is 0 Å². The van der Waals surface area contributed by atoms with Crippen LogP contribution in [0.3, 0.4) is 0 Å². The molecule has 0 atom stereocenters. The summed E-state index contributed by atoms with van der Waals surface area (Å²) in [6, 6.07) is 3.98. The lowest BCUT2D eigenvalue weighted by Gasteiger charge is -2.32. The number of anilines is 1. The zero-order chi connectivity index (χ0) is 10.7. The number of carbonyl (C=O) groups excluding carboxylic acids is 1. The molecule has 1 saturated carbocycles. The molecule has 0 unspecified atom stereocenters. The molecule has 2 rings (SSSR count). The van der Waals surface area contributed by atoms with E-state index < -0.39 is 0 Å². The Balaban J connectivity index is 2.00.